The van der Waals surface area contributed by atoms with Crippen molar-refractivity contribution in [2.75, 3.05) is 12.8 Å². The minimum atomic E-state index is -0.622. The first-order valence-electron chi connectivity index (χ1n) is 3.22. The molecule has 0 atom stereocenters. The van der Waals surface area contributed by atoms with Gasteiger partial charge in [0.05, 0.1) is 12.8 Å². The van der Waals surface area contributed by atoms with Crippen molar-refractivity contribution in [1.82, 2.24) is 0 Å². The van der Waals surface area contributed by atoms with E-state index in [0.29, 0.717) is 0 Å². The van der Waals surface area contributed by atoms with Crippen molar-refractivity contribution in [2.45, 2.75) is 0 Å². The Morgan fingerprint density at radius 1 is 1.58 bits per heavy atom. The first-order chi connectivity index (χ1) is 5.70. The number of benzene rings is 1. The number of methoxy groups -OCH3 is 1. The van der Waals surface area contributed by atoms with E-state index >= 15 is 0 Å². The van der Waals surface area contributed by atoms with Crippen LogP contribution in [0.5, 0.6) is 5.75 Å². The van der Waals surface area contributed by atoms with Gasteiger partial charge in [-0.1, -0.05) is 0 Å². The number of nitriles is 1. The van der Waals surface area contributed by atoms with E-state index < -0.39 is 5.82 Å². The van der Waals surface area contributed by atoms with Gasteiger partial charge in [-0.15, -0.1) is 0 Å². The Labute approximate surface area is 69.2 Å². The summed E-state index contributed by atoms with van der Waals surface area (Å²) in [7, 11) is 1.34. The Hall–Kier alpha value is -1.76. The van der Waals surface area contributed by atoms with E-state index in [1.54, 1.807) is 6.07 Å². The van der Waals surface area contributed by atoms with Gasteiger partial charge in [0.2, 0.25) is 0 Å². The minimum Gasteiger partial charge on any atom is -0.493 e. The fourth-order valence-electron chi connectivity index (χ4n) is 0.899. The molecule has 0 bridgehead atoms. The van der Waals surface area contributed by atoms with E-state index in [0.717, 1.165) is 6.07 Å². The third kappa shape index (κ3) is 1.17. The molecular weight excluding hydrogens is 159 g/mol. The molecule has 62 valence electrons. The molecule has 0 aliphatic heterocycles. The van der Waals surface area contributed by atoms with Gasteiger partial charge in [-0.25, -0.2) is 4.39 Å². The highest BCUT2D eigenvalue weighted by Gasteiger charge is 2.11. The standard InChI is InChI=1S/C8H7FN2O/c1-12-8-5(4-10)6(9)2-3-7(8)11/h2-3H,11H2,1H3. The SMILES string of the molecule is COc1c(N)ccc(F)c1C#N. The Balaban J connectivity index is 3.41. The Kier molecular flexibility index (Phi) is 2.15. The fourth-order valence-corrected chi connectivity index (χ4v) is 0.899. The van der Waals surface area contributed by atoms with Crippen molar-refractivity contribution in [2.24, 2.45) is 0 Å². The normalized spacial score (nSPS) is 9.08. The minimum absolute atomic E-state index is 0.0949. The molecule has 1 rings (SSSR count). The lowest BCUT2D eigenvalue weighted by Crippen LogP contribution is -1.97. The molecule has 3 nitrogen and oxygen atoms in total. The van der Waals surface area contributed by atoms with Gasteiger partial charge in [0, 0.05) is 0 Å². The number of nitrogens with zero attached hydrogens (tertiary/aromatic N) is 1. The van der Waals surface area contributed by atoms with E-state index in [9.17, 15) is 4.39 Å². The maximum Gasteiger partial charge on any atom is 0.162 e. The molecule has 0 radical (unpaired) electrons. The third-order valence-electron chi connectivity index (χ3n) is 1.45. The molecule has 0 saturated carbocycles. The van der Waals surface area contributed by atoms with Gasteiger partial charge in [0.15, 0.2) is 5.75 Å². The summed E-state index contributed by atoms with van der Waals surface area (Å²) in [5.74, 6) is -0.527. The van der Waals surface area contributed by atoms with Crippen molar-refractivity contribution in [3.63, 3.8) is 0 Å². The highest BCUT2D eigenvalue weighted by atomic mass is 19.1. The molecule has 0 saturated heterocycles. The first-order valence-corrected chi connectivity index (χ1v) is 3.22. The van der Waals surface area contributed by atoms with Crippen LogP contribution in [0.3, 0.4) is 0 Å². The van der Waals surface area contributed by atoms with Crippen LogP contribution in [0.4, 0.5) is 10.1 Å². The largest absolute Gasteiger partial charge is 0.493 e. The van der Waals surface area contributed by atoms with Crippen LogP contribution in [-0.4, -0.2) is 7.11 Å². The second-order valence-electron chi connectivity index (χ2n) is 2.16. The summed E-state index contributed by atoms with van der Waals surface area (Å²) in [5.41, 5.74) is 5.54. The lowest BCUT2D eigenvalue weighted by atomic mass is 10.2. The van der Waals surface area contributed by atoms with E-state index in [-0.39, 0.29) is 17.0 Å². The van der Waals surface area contributed by atoms with E-state index in [2.05, 4.69) is 0 Å². The molecule has 0 amide bonds. The van der Waals surface area contributed by atoms with Gasteiger partial charge in [-0.05, 0) is 12.1 Å². The summed E-state index contributed by atoms with van der Waals surface area (Å²) in [4.78, 5) is 0. The summed E-state index contributed by atoms with van der Waals surface area (Å²) < 4.78 is 17.6. The molecule has 0 aliphatic carbocycles. The van der Waals surface area contributed by atoms with E-state index in [4.69, 9.17) is 15.7 Å². The lowest BCUT2D eigenvalue weighted by molar-refractivity contribution is 0.412. The second kappa shape index (κ2) is 3.09. The zero-order valence-corrected chi connectivity index (χ0v) is 6.47. The molecule has 2 N–H and O–H groups in total. The van der Waals surface area contributed by atoms with Crippen LogP contribution in [0.25, 0.3) is 0 Å². The van der Waals surface area contributed by atoms with Crippen LogP contribution < -0.4 is 10.5 Å². The Bertz CT molecular complexity index is 344. The number of halogens is 1. The fraction of sp³-hybridized carbons (Fsp3) is 0.125. The number of nitrogens with two attached hydrogens (primary N) is 1. The highest BCUT2D eigenvalue weighted by Crippen LogP contribution is 2.27. The van der Waals surface area contributed by atoms with Crippen LogP contribution in [0.2, 0.25) is 0 Å². The predicted molar refractivity (Wildman–Crippen MR) is 42.1 cm³/mol. The van der Waals surface area contributed by atoms with Gasteiger partial charge < -0.3 is 10.5 Å². The Morgan fingerprint density at radius 3 is 2.67 bits per heavy atom. The average Bonchev–Trinajstić information content (AvgIpc) is 2.08. The predicted octanol–water partition coefficient (Wildman–Crippen LogP) is 1.29. The van der Waals surface area contributed by atoms with Gasteiger partial charge in [-0.3, -0.25) is 0 Å². The van der Waals surface area contributed by atoms with Crippen LogP contribution in [0.1, 0.15) is 5.56 Å². The van der Waals surface area contributed by atoms with Gasteiger partial charge >= 0.3 is 0 Å². The summed E-state index contributed by atoms with van der Waals surface area (Å²) in [6.45, 7) is 0. The second-order valence-corrected chi connectivity index (χ2v) is 2.16. The van der Waals surface area contributed by atoms with E-state index in [1.165, 1.54) is 13.2 Å². The molecule has 0 fully saturated rings. The number of hydrogen-bond acceptors (Lipinski definition) is 3. The van der Waals surface area contributed by atoms with Gasteiger partial charge in [-0.2, -0.15) is 5.26 Å². The molecule has 0 unspecified atom stereocenters. The van der Waals surface area contributed by atoms with Crippen molar-refractivity contribution in [1.29, 1.82) is 5.26 Å². The topological polar surface area (TPSA) is 59.0 Å². The summed E-state index contributed by atoms with van der Waals surface area (Å²) in [6.07, 6.45) is 0. The molecule has 4 heteroatoms. The van der Waals surface area contributed by atoms with Crippen molar-refractivity contribution in [3.05, 3.63) is 23.5 Å². The molecular formula is C8H7FN2O. The molecule has 0 aliphatic rings. The van der Waals surface area contributed by atoms with Gasteiger partial charge in [0.1, 0.15) is 17.4 Å². The van der Waals surface area contributed by atoms with Crippen LogP contribution in [-0.2, 0) is 0 Å². The quantitative estimate of drug-likeness (QED) is 0.639. The molecule has 1 aromatic rings. The van der Waals surface area contributed by atoms with Crippen molar-refractivity contribution >= 4 is 5.69 Å². The monoisotopic (exact) mass is 166 g/mol. The summed E-state index contributed by atoms with van der Waals surface area (Å²) in [5, 5.41) is 8.53. The number of nitrogen functional groups attached to an aromatic ring is 1. The van der Waals surface area contributed by atoms with Crippen molar-refractivity contribution in [3.8, 4) is 11.8 Å². The summed E-state index contributed by atoms with van der Waals surface area (Å²) >= 11 is 0. The Morgan fingerprint density at radius 2 is 2.25 bits per heavy atom. The molecule has 0 aromatic heterocycles. The molecule has 0 heterocycles. The molecule has 0 spiro atoms. The number of hydrogen-bond donors (Lipinski definition) is 1. The van der Waals surface area contributed by atoms with Crippen LogP contribution in [0, 0.1) is 17.1 Å². The van der Waals surface area contributed by atoms with Crippen LogP contribution in [0.15, 0.2) is 12.1 Å². The molecule has 1 aromatic carbocycles. The van der Waals surface area contributed by atoms with Gasteiger partial charge in [0.25, 0.3) is 0 Å². The zero-order valence-electron chi connectivity index (χ0n) is 6.47. The summed E-state index contributed by atoms with van der Waals surface area (Å²) in [6, 6.07) is 4.17. The lowest BCUT2D eigenvalue weighted by Gasteiger charge is -2.05. The van der Waals surface area contributed by atoms with Crippen LogP contribution >= 0.6 is 0 Å². The first kappa shape index (κ1) is 8.34. The smallest absolute Gasteiger partial charge is 0.162 e. The zero-order chi connectivity index (χ0) is 9.14. The maximum absolute atomic E-state index is 12.9. The number of rotatable bonds is 1. The average molecular weight is 166 g/mol. The number of anilines is 1. The molecule has 12 heavy (non-hydrogen) atoms. The highest BCUT2D eigenvalue weighted by molar-refractivity contribution is 5.61. The number of ether oxygens (including phenoxy) is 1. The van der Waals surface area contributed by atoms with E-state index in [1.807, 2.05) is 0 Å². The van der Waals surface area contributed by atoms with Crippen molar-refractivity contribution < 1.29 is 9.13 Å². The third-order valence-corrected chi connectivity index (χ3v) is 1.45. The maximum atomic E-state index is 12.9.